The molecule has 0 heterocycles. The lowest BCUT2D eigenvalue weighted by atomic mass is 10.1. The van der Waals surface area contributed by atoms with E-state index < -0.39 is 11.9 Å². The molecule has 0 amide bonds. The Morgan fingerprint density at radius 2 is 1.35 bits per heavy atom. The summed E-state index contributed by atoms with van der Waals surface area (Å²) >= 11 is 0. The van der Waals surface area contributed by atoms with Crippen molar-refractivity contribution in [3.05, 3.63) is 35.4 Å². The van der Waals surface area contributed by atoms with Gasteiger partial charge >= 0.3 is 0 Å². The topological polar surface area (TPSA) is 89.5 Å². The summed E-state index contributed by atoms with van der Waals surface area (Å²) < 4.78 is 4.83. The summed E-state index contributed by atoms with van der Waals surface area (Å²) in [7, 11) is 0. The number of benzene rings is 1. The first-order chi connectivity index (χ1) is 8.04. The highest BCUT2D eigenvalue weighted by atomic mass is 16.5. The highest BCUT2D eigenvalue weighted by Gasteiger charge is 2.01. The van der Waals surface area contributed by atoms with E-state index in [4.69, 9.17) is 4.74 Å². The molecular formula is C12H14O5-2. The molecule has 0 fully saturated rings. The number of ether oxygens (including phenoxy) is 1. The zero-order valence-electron chi connectivity index (χ0n) is 9.76. The third-order valence-corrected chi connectivity index (χ3v) is 1.78. The fourth-order valence-corrected chi connectivity index (χ4v) is 1.04. The Morgan fingerprint density at radius 1 is 1.00 bits per heavy atom. The molecule has 0 bridgehead atoms. The second kappa shape index (κ2) is 8.29. The predicted octanol–water partition coefficient (Wildman–Crippen LogP) is -0.544. The Kier molecular flexibility index (Phi) is 7.38. The van der Waals surface area contributed by atoms with Crippen LogP contribution in [-0.2, 0) is 4.74 Å². The normalized spacial score (nSPS) is 9.06. The van der Waals surface area contributed by atoms with Gasteiger partial charge in [-0.25, -0.2) is 0 Å². The van der Waals surface area contributed by atoms with Crippen LogP contribution in [-0.4, -0.2) is 25.2 Å². The van der Waals surface area contributed by atoms with Gasteiger partial charge in [0.1, 0.15) is 0 Å². The van der Waals surface area contributed by atoms with Crippen molar-refractivity contribution >= 4 is 11.9 Å². The molecule has 0 spiro atoms. The Labute approximate surface area is 99.7 Å². The third-order valence-electron chi connectivity index (χ3n) is 1.78. The number of carboxylic acid groups (broad SMARTS) is 2. The Bertz CT molecular complexity index is 338. The number of carbonyl (C=O) groups is 2. The molecule has 0 saturated heterocycles. The molecule has 0 aliphatic heterocycles. The van der Waals surface area contributed by atoms with Crippen LogP contribution in [0.3, 0.4) is 0 Å². The molecule has 1 aromatic rings. The molecule has 0 aromatic heterocycles. The van der Waals surface area contributed by atoms with Crippen LogP contribution in [0.2, 0.25) is 0 Å². The number of hydrogen-bond donors (Lipinski definition) is 0. The summed E-state index contributed by atoms with van der Waals surface area (Å²) in [6.07, 6.45) is 0. The van der Waals surface area contributed by atoms with E-state index in [-0.39, 0.29) is 11.1 Å². The summed E-state index contributed by atoms with van der Waals surface area (Å²) in [4.78, 5) is 20.6. The lowest BCUT2D eigenvalue weighted by Crippen LogP contribution is -2.29. The molecule has 0 N–H and O–H groups in total. The van der Waals surface area contributed by atoms with Gasteiger partial charge in [0.25, 0.3) is 0 Å². The van der Waals surface area contributed by atoms with Crippen LogP contribution in [0.15, 0.2) is 24.3 Å². The summed E-state index contributed by atoms with van der Waals surface area (Å²) in [5, 5.41) is 20.6. The monoisotopic (exact) mass is 238 g/mol. The third kappa shape index (κ3) is 5.67. The van der Waals surface area contributed by atoms with Gasteiger partial charge in [-0.3, -0.25) is 0 Å². The SMILES string of the molecule is CCOCC.O=C([O-])c1ccccc1C(=O)[O-]. The van der Waals surface area contributed by atoms with Crippen LogP contribution >= 0.6 is 0 Å². The number of aromatic carboxylic acids is 2. The quantitative estimate of drug-likeness (QED) is 0.702. The Balaban J connectivity index is 0.000000437. The molecular weight excluding hydrogens is 224 g/mol. The largest absolute Gasteiger partial charge is 0.545 e. The first-order valence-corrected chi connectivity index (χ1v) is 5.14. The number of rotatable bonds is 4. The van der Waals surface area contributed by atoms with E-state index in [1.165, 1.54) is 12.1 Å². The van der Waals surface area contributed by atoms with E-state index >= 15 is 0 Å². The van der Waals surface area contributed by atoms with Crippen molar-refractivity contribution in [3.8, 4) is 0 Å². The van der Waals surface area contributed by atoms with Crippen molar-refractivity contribution in [2.75, 3.05) is 13.2 Å². The van der Waals surface area contributed by atoms with Gasteiger partial charge in [0, 0.05) is 24.3 Å². The van der Waals surface area contributed by atoms with Crippen molar-refractivity contribution in [2.45, 2.75) is 13.8 Å². The standard InChI is InChI=1S/C8H6O4.C4H10O/c9-7(10)5-3-1-2-4-6(5)8(11)12;1-3-5-4-2/h1-4H,(H,9,10)(H,11,12);3-4H2,1-2H3/p-2. The molecule has 0 unspecified atom stereocenters. The van der Waals surface area contributed by atoms with Crippen LogP contribution in [0.25, 0.3) is 0 Å². The minimum Gasteiger partial charge on any atom is -0.545 e. The minimum atomic E-state index is -1.52. The van der Waals surface area contributed by atoms with Crippen molar-refractivity contribution in [1.29, 1.82) is 0 Å². The van der Waals surface area contributed by atoms with E-state index in [0.29, 0.717) is 0 Å². The zero-order chi connectivity index (χ0) is 13.3. The van der Waals surface area contributed by atoms with Gasteiger partial charge < -0.3 is 24.5 Å². The minimum absolute atomic E-state index is 0.363. The van der Waals surface area contributed by atoms with E-state index in [1.54, 1.807) is 0 Å². The molecule has 1 rings (SSSR count). The average Bonchev–Trinajstić information content (AvgIpc) is 2.30. The van der Waals surface area contributed by atoms with Gasteiger partial charge in [-0.1, -0.05) is 24.3 Å². The van der Waals surface area contributed by atoms with E-state index in [0.717, 1.165) is 25.3 Å². The van der Waals surface area contributed by atoms with Crippen molar-refractivity contribution in [2.24, 2.45) is 0 Å². The first kappa shape index (κ1) is 15.1. The van der Waals surface area contributed by atoms with Gasteiger partial charge in [0.2, 0.25) is 0 Å². The molecule has 0 aliphatic carbocycles. The van der Waals surface area contributed by atoms with Crippen molar-refractivity contribution in [3.63, 3.8) is 0 Å². The molecule has 0 radical (unpaired) electrons. The molecule has 0 atom stereocenters. The van der Waals surface area contributed by atoms with E-state index in [9.17, 15) is 19.8 Å². The molecule has 17 heavy (non-hydrogen) atoms. The molecule has 5 heteroatoms. The van der Waals surface area contributed by atoms with Gasteiger partial charge in [0.15, 0.2) is 0 Å². The van der Waals surface area contributed by atoms with Crippen LogP contribution < -0.4 is 10.2 Å². The van der Waals surface area contributed by atoms with Gasteiger partial charge in [-0.05, 0) is 13.8 Å². The molecule has 5 nitrogen and oxygen atoms in total. The van der Waals surface area contributed by atoms with E-state index in [1.807, 2.05) is 13.8 Å². The number of carbonyl (C=O) groups excluding carboxylic acids is 2. The van der Waals surface area contributed by atoms with Crippen LogP contribution in [0.4, 0.5) is 0 Å². The average molecular weight is 238 g/mol. The van der Waals surface area contributed by atoms with Crippen LogP contribution in [0.5, 0.6) is 0 Å². The van der Waals surface area contributed by atoms with Gasteiger partial charge in [0.05, 0.1) is 11.9 Å². The fourth-order valence-electron chi connectivity index (χ4n) is 1.04. The summed E-state index contributed by atoms with van der Waals surface area (Å²) in [6, 6.07) is 5.14. The maximum absolute atomic E-state index is 10.3. The fraction of sp³-hybridized carbons (Fsp3) is 0.333. The zero-order valence-corrected chi connectivity index (χ0v) is 9.76. The Hall–Kier alpha value is -1.88. The van der Waals surface area contributed by atoms with Crippen molar-refractivity contribution < 1.29 is 24.5 Å². The van der Waals surface area contributed by atoms with Gasteiger partial charge in [-0.15, -0.1) is 0 Å². The first-order valence-electron chi connectivity index (χ1n) is 5.14. The second-order valence-electron chi connectivity index (χ2n) is 2.90. The Morgan fingerprint density at radius 3 is 1.53 bits per heavy atom. The van der Waals surface area contributed by atoms with Crippen molar-refractivity contribution in [1.82, 2.24) is 0 Å². The lowest BCUT2D eigenvalue weighted by molar-refractivity contribution is -0.259. The highest BCUT2D eigenvalue weighted by Crippen LogP contribution is 2.05. The second-order valence-corrected chi connectivity index (χ2v) is 2.90. The molecule has 1 aromatic carbocycles. The van der Waals surface area contributed by atoms with Crippen LogP contribution in [0.1, 0.15) is 34.6 Å². The van der Waals surface area contributed by atoms with Crippen LogP contribution in [0, 0.1) is 0 Å². The number of hydrogen-bond acceptors (Lipinski definition) is 5. The summed E-state index contributed by atoms with van der Waals surface area (Å²) in [5.74, 6) is -3.04. The summed E-state index contributed by atoms with van der Waals surface area (Å²) in [5.41, 5.74) is -0.727. The highest BCUT2D eigenvalue weighted by molar-refractivity contribution is 5.99. The van der Waals surface area contributed by atoms with Gasteiger partial charge in [-0.2, -0.15) is 0 Å². The summed E-state index contributed by atoms with van der Waals surface area (Å²) in [6.45, 7) is 5.67. The molecule has 94 valence electrons. The van der Waals surface area contributed by atoms with E-state index in [2.05, 4.69) is 0 Å². The molecule has 0 saturated carbocycles. The lowest BCUT2D eigenvalue weighted by Gasteiger charge is -2.09. The predicted molar refractivity (Wildman–Crippen MR) is 57.3 cm³/mol. The smallest absolute Gasteiger partial charge is 0.0721 e. The molecule has 0 aliphatic rings. The maximum atomic E-state index is 10.3. The maximum Gasteiger partial charge on any atom is 0.0721 e. The number of carboxylic acids is 2.